The number of hydrogen-bond donors (Lipinski definition) is 0. The van der Waals surface area contributed by atoms with E-state index in [-0.39, 0.29) is 22.8 Å². The van der Waals surface area contributed by atoms with Gasteiger partial charge in [0.2, 0.25) is 0 Å². The minimum Gasteiger partial charge on any atom is -0.490 e. The third-order valence-electron chi connectivity index (χ3n) is 6.43. The monoisotopic (exact) mass is 484 g/mol. The van der Waals surface area contributed by atoms with Crippen molar-refractivity contribution in [3.8, 4) is 5.75 Å². The van der Waals surface area contributed by atoms with Gasteiger partial charge in [-0.15, -0.1) is 0 Å². The third kappa shape index (κ3) is 7.06. The Balaban J connectivity index is 1.45. The molecule has 7 nitrogen and oxygen atoms in total. The summed E-state index contributed by atoms with van der Waals surface area (Å²) in [5, 5.41) is 0. The van der Waals surface area contributed by atoms with E-state index in [1.54, 1.807) is 0 Å². The summed E-state index contributed by atoms with van der Waals surface area (Å²) < 4.78 is 48.5. The van der Waals surface area contributed by atoms with Gasteiger partial charge in [-0.1, -0.05) is 0 Å². The van der Waals surface area contributed by atoms with Crippen LogP contribution in [-0.4, -0.2) is 74.5 Å². The van der Waals surface area contributed by atoms with E-state index in [1.165, 1.54) is 12.1 Å². The number of rotatable bonds is 5. The number of halogens is 1. The van der Waals surface area contributed by atoms with E-state index >= 15 is 0 Å². The maximum atomic E-state index is 14.2. The first kappa shape index (κ1) is 25.7. The third-order valence-corrected chi connectivity index (χ3v) is 7.54. The van der Waals surface area contributed by atoms with Crippen LogP contribution in [-0.2, 0) is 14.6 Å². The van der Waals surface area contributed by atoms with E-state index in [0.29, 0.717) is 25.1 Å². The Kier molecular flexibility index (Phi) is 7.94. The molecule has 0 aromatic heterocycles. The van der Waals surface area contributed by atoms with Gasteiger partial charge in [-0.2, -0.15) is 0 Å². The van der Waals surface area contributed by atoms with Crippen LogP contribution < -0.4 is 4.74 Å². The van der Waals surface area contributed by atoms with Crippen LogP contribution in [0.5, 0.6) is 5.75 Å². The normalized spacial score (nSPS) is 25.0. The highest BCUT2D eigenvalue weighted by Gasteiger charge is 2.34. The van der Waals surface area contributed by atoms with Gasteiger partial charge in [0.1, 0.15) is 5.60 Å². The number of benzene rings is 1. The molecule has 0 spiro atoms. The van der Waals surface area contributed by atoms with Crippen molar-refractivity contribution in [2.75, 3.05) is 32.5 Å². The molecule has 0 bridgehead atoms. The van der Waals surface area contributed by atoms with E-state index in [2.05, 4.69) is 11.8 Å². The van der Waals surface area contributed by atoms with Gasteiger partial charge in [0.05, 0.1) is 11.5 Å². The highest BCUT2D eigenvalue weighted by atomic mass is 32.2. The van der Waals surface area contributed by atoms with Crippen molar-refractivity contribution in [2.45, 2.75) is 76.0 Å². The fourth-order valence-electron chi connectivity index (χ4n) is 4.62. The van der Waals surface area contributed by atoms with E-state index < -0.39 is 21.3 Å². The molecule has 0 unspecified atom stereocenters. The Morgan fingerprint density at radius 3 is 2.36 bits per heavy atom. The summed E-state index contributed by atoms with van der Waals surface area (Å²) in [5.74, 6) is -0.212. The quantitative estimate of drug-likeness (QED) is 0.626. The summed E-state index contributed by atoms with van der Waals surface area (Å²) in [6.07, 6.45) is 4.89. The highest BCUT2D eigenvalue weighted by Crippen LogP contribution is 2.30. The maximum Gasteiger partial charge on any atom is 0.410 e. The van der Waals surface area contributed by atoms with Crippen LogP contribution in [0.3, 0.4) is 0 Å². The zero-order valence-electron chi connectivity index (χ0n) is 20.3. The Bertz CT molecular complexity index is 939. The molecule has 33 heavy (non-hydrogen) atoms. The Morgan fingerprint density at radius 1 is 1.15 bits per heavy atom. The van der Waals surface area contributed by atoms with Crippen LogP contribution in [0.4, 0.5) is 9.18 Å². The zero-order valence-corrected chi connectivity index (χ0v) is 21.2. The second kappa shape index (κ2) is 10.2. The van der Waals surface area contributed by atoms with E-state index in [9.17, 15) is 17.6 Å². The van der Waals surface area contributed by atoms with Gasteiger partial charge < -0.3 is 14.4 Å². The van der Waals surface area contributed by atoms with Crippen molar-refractivity contribution in [3.05, 3.63) is 24.0 Å². The summed E-state index contributed by atoms with van der Waals surface area (Å²) in [7, 11) is -3.44. The second-order valence-corrected chi connectivity index (χ2v) is 12.4. The van der Waals surface area contributed by atoms with E-state index in [4.69, 9.17) is 9.47 Å². The maximum absolute atomic E-state index is 14.2. The molecule has 1 saturated carbocycles. The molecule has 2 aliphatic rings. The fourth-order valence-corrected chi connectivity index (χ4v) is 5.26. The molecule has 3 rings (SSSR count). The predicted octanol–water partition coefficient (Wildman–Crippen LogP) is 4.11. The first-order valence-electron chi connectivity index (χ1n) is 11.7. The Hall–Kier alpha value is -1.87. The molecule has 1 heterocycles. The molecule has 186 valence electrons. The molecule has 9 heteroatoms. The van der Waals surface area contributed by atoms with Gasteiger partial charge in [-0.3, -0.25) is 4.90 Å². The average Bonchev–Trinajstić information content (AvgIpc) is 2.71. The molecule has 1 aliphatic carbocycles. The summed E-state index contributed by atoms with van der Waals surface area (Å²) in [6.45, 7) is 10.5. The molecule has 2 fully saturated rings. The highest BCUT2D eigenvalue weighted by molar-refractivity contribution is 7.90. The number of carbonyl (C=O) groups excluding carboxylic acids is 1. The van der Waals surface area contributed by atoms with Crippen LogP contribution in [0.25, 0.3) is 0 Å². The lowest BCUT2D eigenvalue weighted by atomic mass is 9.85. The summed E-state index contributed by atoms with van der Waals surface area (Å²) >= 11 is 0. The molecule has 0 N–H and O–H groups in total. The van der Waals surface area contributed by atoms with E-state index in [1.807, 2.05) is 25.7 Å². The molecular formula is C24H37FN2O5S. The number of sulfone groups is 1. The largest absolute Gasteiger partial charge is 0.490 e. The molecule has 1 atom stereocenters. The minimum absolute atomic E-state index is 0.0474. The molecule has 1 amide bonds. The fraction of sp³-hybridized carbons (Fsp3) is 0.708. The molecule has 1 aromatic carbocycles. The van der Waals surface area contributed by atoms with E-state index in [0.717, 1.165) is 51.1 Å². The van der Waals surface area contributed by atoms with Gasteiger partial charge in [0.15, 0.2) is 21.4 Å². The number of carbonyl (C=O) groups is 1. The summed E-state index contributed by atoms with van der Waals surface area (Å²) in [5.41, 5.74) is -0.493. The average molecular weight is 485 g/mol. The van der Waals surface area contributed by atoms with Gasteiger partial charge in [-0.05, 0) is 77.5 Å². The number of nitrogens with zero attached hydrogens (tertiary/aromatic N) is 2. The standard InChI is InChI=1S/C24H37FN2O5S/c1-17-15-26(12-13-27(17)23(28)32-24(2,3)4)19-8-6-18(7-9-19)16-31-22-11-10-20(14-21(22)25)33(5,29)30/h10-11,14,17-19H,6-9,12-13,15-16H2,1-5H3/t17-,18?,19?/m1/s1. The zero-order chi connectivity index (χ0) is 24.4. The first-order valence-corrected chi connectivity index (χ1v) is 13.6. The Labute approximate surface area is 197 Å². The number of ether oxygens (including phenoxy) is 2. The van der Waals surface area contributed by atoms with Crippen LogP contribution >= 0.6 is 0 Å². The first-order chi connectivity index (χ1) is 15.3. The second-order valence-electron chi connectivity index (χ2n) is 10.4. The van der Waals surface area contributed by atoms with Crippen molar-refractivity contribution < 1.29 is 27.1 Å². The van der Waals surface area contributed by atoms with Crippen LogP contribution in [0, 0.1) is 11.7 Å². The van der Waals surface area contributed by atoms with Crippen LogP contribution in [0.2, 0.25) is 0 Å². The lowest BCUT2D eigenvalue weighted by Crippen LogP contribution is -2.57. The van der Waals surface area contributed by atoms with Crippen molar-refractivity contribution in [1.82, 2.24) is 9.80 Å². The Morgan fingerprint density at radius 2 is 1.82 bits per heavy atom. The number of piperazine rings is 1. The lowest BCUT2D eigenvalue weighted by Gasteiger charge is -2.45. The van der Waals surface area contributed by atoms with Gasteiger partial charge in [0, 0.05) is 38.0 Å². The van der Waals surface area contributed by atoms with Crippen molar-refractivity contribution in [3.63, 3.8) is 0 Å². The van der Waals surface area contributed by atoms with Crippen molar-refractivity contribution in [2.24, 2.45) is 5.92 Å². The number of hydrogen-bond acceptors (Lipinski definition) is 6. The van der Waals surface area contributed by atoms with Gasteiger partial charge in [0.25, 0.3) is 0 Å². The molecular weight excluding hydrogens is 447 g/mol. The predicted molar refractivity (Wildman–Crippen MR) is 125 cm³/mol. The summed E-state index contributed by atoms with van der Waals surface area (Å²) in [4.78, 5) is 16.7. The van der Waals surface area contributed by atoms with Crippen molar-refractivity contribution >= 4 is 15.9 Å². The van der Waals surface area contributed by atoms with Crippen LogP contribution in [0.15, 0.2) is 23.1 Å². The molecule has 1 aliphatic heterocycles. The SMILES string of the molecule is C[C@@H]1CN(C2CCC(COc3ccc(S(C)(=O)=O)cc3F)CC2)CCN1C(=O)OC(C)(C)C. The van der Waals surface area contributed by atoms with Gasteiger partial charge >= 0.3 is 6.09 Å². The smallest absolute Gasteiger partial charge is 0.410 e. The minimum atomic E-state index is -3.44. The summed E-state index contributed by atoms with van der Waals surface area (Å²) in [6, 6.07) is 4.37. The number of amides is 1. The lowest BCUT2D eigenvalue weighted by molar-refractivity contribution is -0.00904. The van der Waals surface area contributed by atoms with Crippen LogP contribution in [0.1, 0.15) is 53.4 Å². The molecule has 1 saturated heterocycles. The molecule has 1 aromatic rings. The molecule has 0 radical (unpaired) electrons. The van der Waals surface area contributed by atoms with Gasteiger partial charge in [-0.25, -0.2) is 17.6 Å². The topological polar surface area (TPSA) is 76.2 Å². The van der Waals surface area contributed by atoms with Crippen molar-refractivity contribution in [1.29, 1.82) is 0 Å².